The van der Waals surface area contributed by atoms with E-state index in [-0.39, 0.29) is 22.8 Å². The van der Waals surface area contributed by atoms with E-state index in [0.29, 0.717) is 24.3 Å². The molecule has 0 N–H and O–H groups in total. The van der Waals surface area contributed by atoms with Gasteiger partial charge in [0, 0.05) is 0 Å². The highest BCUT2D eigenvalue weighted by molar-refractivity contribution is 5.99. The van der Waals surface area contributed by atoms with Crippen molar-refractivity contribution < 1.29 is 19.1 Å². The number of ether oxygens (including phenoxy) is 2. The molecule has 0 saturated carbocycles. The van der Waals surface area contributed by atoms with E-state index in [1.807, 2.05) is 53.7 Å². The van der Waals surface area contributed by atoms with Crippen molar-refractivity contribution in [3.63, 3.8) is 0 Å². The summed E-state index contributed by atoms with van der Waals surface area (Å²) in [7, 11) is 0. The molecule has 0 aliphatic carbocycles. The van der Waals surface area contributed by atoms with E-state index in [0.717, 1.165) is 10.8 Å². The number of hydrogen-bond acceptors (Lipinski definition) is 4. The second kappa shape index (κ2) is 7.48. The fourth-order valence-electron chi connectivity index (χ4n) is 2.23. The van der Waals surface area contributed by atoms with Crippen molar-refractivity contribution in [3.8, 4) is 0 Å². The molecule has 26 heavy (non-hydrogen) atoms. The van der Waals surface area contributed by atoms with Gasteiger partial charge < -0.3 is 9.47 Å². The van der Waals surface area contributed by atoms with Gasteiger partial charge in [0.1, 0.15) is 0 Å². The minimum atomic E-state index is -0.338. The minimum Gasteiger partial charge on any atom is -0.462 e. The molecule has 0 aliphatic rings. The van der Waals surface area contributed by atoms with Gasteiger partial charge in [-0.05, 0) is 45.9 Å². The molecule has 0 spiro atoms. The fraction of sp³-hybridized carbons (Fsp3) is 0.455. The molecule has 0 radical (unpaired) electrons. The Morgan fingerprint density at radius 2 is 1.04 bits per heavy atom. The maximum absolute atomic E-state index is 12.2. The molecular formula is C22H28O4. The minimum absolute atomic E-state index is 0.0746. The third kappa shape index (κ3) is 5.87. The molecule has 0 aromatic heterocycles. The van der Waals surface area contributed by atoms with Crippen LogP contribution in [0, 0.1) is 10.8 Å². The first kappa shape index (κ1) is 20.0. The second-order valence-electron chi connectivity index (χ2n) is 9.05. The van der Waals surface area contributed by atoms with Crippen molar-refractivity contribution in [2.75, 3.05) is 13.2 Å². The van der Waals surface area contributed by atoms with Gasteiger partial charge in [-0.3, -0.25) is 0 Å². The third-order valence-corrected chi connectivity index (χ3v) is 3.58. The van der Waals surface area contributed by atoms with Crippen LogP contribution in [-0.4, -0.2) is 25.2 Å². The SMILES string of the molecule is CC(C)(C)COC(=O)c1ccc2cc(C(=O)OCC(C)(C)C)ccc2c1. The van der Waals surface area contributed by atoms with Crippen LogP contribution in [0.2, 0.25) is 0 Å². The van der Waals surface area contributed by atoms with E-state index in [1.54, 1.807) is 24.3 Å². The highest BCUT2D eigenvalue weighted by atomic mass is 16.5. The van der Waals surface area contributed by atoms with Crippen LogP contribution in [0.3, 0.4) is 0 Å². The van der Waals surface area contributed by atoms with Crippen LogP contribution in [0.25, 0.3) is 10.8 Å². The standard InChI is InChI=1S/C22H28O4/c1-21(2,3)13-25-19(23)17-9-7-16-12-18(10-8-15(16)11-17)20(24)26-14-22(4,5)6/h7-12H,13-14H2,1-6H3. The first-order chi connectivity index (χ1) is 11.9. The van der Waals surface area contributed by atoms with Crippen molar-refractivity contribution in [2.24, 2.45) is 10.8 Å². The van der Waals surface area contributed by atoms with Gasteiger partial charge in [0.25, 0.3) is 0 Å². The van der Waals surface area contributed by atoms with Crippen LogP contribution in [0.1, 0.15) is 62.3 Å². The Morgan fingerprint density at radius 3 is 1.35 bits per heavy atom. The van der Waals surface area contributed by atoms with Crippen LogP contribution in [0.4, 0.5) is 0 Å². The lowest BCUT2D eigenvalue weighted by molar-refractivity contribution is 0.0360. The molecule has 2 aromatic carbocycles. The van der Waals surface area contributed by atoms with Crippen molar-refractivity contribution in [3.05, 3.63) is 47.5 Å². The number of hydrogen-bond donors (Lipinski definition) is 0. The van der Waals surface area contributed by atoms with Gasteiger partial charge in [0.05, 0.1) is 24.3 Å². The number of carbonyl (C=O) groups excluding carboxylic acids is 2. The largest absolute Gasteiger partial charge is 0.462 e. The summed E-state index contributed by atoms with van der Waals surface area (Å²) in [5.41, 5.74) is 0.860. The Balaban J connectivity index is 2.14. The van der Waals surface area contributed by atoms with Crippen molar-refractivity contribution in [1.29, 1.82) is 0 Å². The third-order valence-electron chi connectivity index (χ3n) is 3.58. The highest BCUT2D eigenvalue weighted by Crippen LogP contribution is 2.21. The van der Waals surface area contributed by atoms with Crippen LogP contribution in [0.5, 0.6) is 0 Å². The number of carbonyl (C=O) groups is 2. The predicted octanol–water partition coefficient (Wildman–Crippen LogP) is 5.25. The Labute approximate surface area is 155 Å². The van der Waals surface area contributed by atoms with Crippen molar-refractivity contribution in [1.82, 2.24) is 0 Å². The smallest absolute Gasteiger partial charge is 0.338 e. The van der Waals surface area contributed by atoms with Gasteiger partial charge in [0.15, 0.2) is 0 Å². The monoisotopic (exact) mass is 356 g/mol. The number of benzene rings is 2. The molecular weight excluding hydrogens is 328 g/mol. The van der Waals surface area contributed by atoms with Crippen molar-refractivity contribution >= 4 is 22.7 Å². The first-order valence-corrected chi connectivity index (χ1v) is 8.83. The normalized spacial score (nSPS) is 12.1. The molecule has 0 fully saturated rings. The zero-order valence-corrected chi connectivity index (χ0v) is 16.5. The summed E-state index contributed by atoms with van der Waals surface area (Å²) in [6.07, 6.45) is 0. The molecule has 140 valence electrons. The zero-order chi connectivity index (χ0) is 19.5. The van der Waals surface area contributed by atoms with Gasteiger partial charge in [0.2, 0.25) is 0 Å². The summed E-state index contributed by atoms with van der Waals surface area (Å²) in [4.78, 5) is 24.4. The number of fused-ring (bicyclic) bond motifs is 1. The maximum atomic E-state index is 12.2. The zero-order valence-electron chi connectivity index (χ0n) is 16.5. The Hall–Kier alpha value is -2.36. The molecule has 4 heteroatoms. The molecule has 0 heterocycles. The van der Waals surface area contributed by atoms with Gasteiger partial charge in [-0.2, -0.15) is 0 Å². The molecule has 0 unspecified atom stereocenters. The van der Waals surface area contributed by atoms with Crippen LogP contribution < -0.4 is 0 Å². The molecule has 0 saturated heterocycles. The number of esters is 2. The highest BCUT2D eigenvalue weighted by Gasteiger charge is 2.17. The molecule has 0 aliphatic heterocycles. The Kier molecular flexibility index (Phi) is 5.74. The predicted molar refractivity (Wildman–Crippen MR) is 103 cm³/mol. The van der Waals surface area contributed by atoms with Gasteiger partial charge in [-0.1, -0.05) is 53.7 Å². The average molecular weight is 356 g/mol. The molecule has 4 nitrogen and oxygen atoms in total. The summed E-state index contributed by atoms with van der Waals surface area (Å²) in [6, 6.07) is 10.7. The maximum Gasteiger partial charge on any atom is 0.338 e. The second-order valence-corrected chi connectivity index (χ2v) is 9.05. The molecule has 2 aromatic rings. The van der Waals surface area contributed by atoms with E-state index in [1.165, 1.54) is 0 Å². The topological polar surface area (TPSA) is 52.6 Å². The van der Waals surface area contributed by atoms with E-state index in [4.69, 9.17) is 9.47 Å². The van der Waals surface area contributed by atoms with E-state index >= 15 is 0 Å². The van der Waals surface area contributed by atoms with E-state index < -0.39 is 0 Å². The van der Waals surface area contributed by atoms with Crippen molar-refractivity contribution in [2.45, 2.75) is 41.5 Å². The molecule has 0 amide bonds. The average Bonchev–Trinajstić information content (AvgIpc) is 2.55. The lowest BCUT2D eigenvalue weighted by atomic mass is 9.98. The summed E-state index contributed by atoms with van der Waals surface area (Å²) in [5, 5.41) is 1.75. The Morgan fingerprint density at radius 1 is 0.692 bits per heavy atom. The van der Waals surface area contributed by atoms with Gasteiger partial charge in [-0.25, -0.2) is 9.59 Å². The lowest BCUT2D eigenvalue weighted by Crippen LogP contribution is -2.18. The van der Waals surface area contributed by atoms with E-state index in [2.05, 4.69) is 0 Å². The quantitative estimate of drug-likeness (QED) is 0.703. The van der Waals surface area contributed by atoms with Gasteiger partial charge in [-0.15, -0.1) is 0 Å². The summed E-state index contributed by atoms with van der Waals surface area (Å²) < 4.78 is 10.7. The van der Waals surface area contributed by atoms with Crippen LogP contribution in [-0.2, 0) is 9.47 Å². The molecule has 2 rings (SSSR count). The first-order valence-electron chi connectivity index (χ1n) is 8.83. The van der Waals surface area contributed by atoms with Crippen LogP contribution >= 0.6 is 0 Å². The lowest BCUT2D eigenvalue weighted by Gasteiger charge is -2.18. The summed E-state index contributed by atoms with van der Waals surface area (Å²) >= 11 is 0. The molecule has 0 bridgehead atoms. The summed E-state index contributed by atoms with van der Waals surface area (Å²) in [6.45, 7) is 12.8. The van der Waals surface area contributed by atoms with Crippen LogP contribution in [0.15, 0.2) is 36.4 Å². The van der Waals surface area contributed by atoms with Gasteiger partial charge >= 0.3 is 11.9 Å². The number of rotatable bonds is 4. The fourth-order valence-corrected chi connectivity index (χ4v) is 2.23. The Bertz CT molecular complexity index is 738. The molecule has 0 atom stereocenters. The summed E-state index contributed by atoms with van der Waals surface area (Å²) in [5.74, 6) is -0.675. The van der Waals surface area contributed by atoms with E-state index in [9.17, 15) is 9.59 Å².